The van der Waals surface area contributed by atoms with Crippen molar-refractivity contribution in [2.75, 3.05) is 0 Å². The Morgan fingerprint density at radius 1 is 0.897 bits per heavy atom. The molecule has 0 aliphatic rings. The molecule has 0 saturated carbocycles. The molecule has 4 aromatic rings. The van der Waals surface area contributed by atoms with Crippen LogP contribution in [0.3, 0.4) is 0 Å². The summed E-state index contributed by atoms with van der Waals surface area (Å²) >= 11 is 0. The number of nitrogens with zero attached hydrogens (tertiary/aromatic N) is 1. The number of rotatable bonds is 6. The van der Waals surface area contributed by atoms with Crippen molar-refractivity contribution in [2.24, 2.45) is 5.73 Å². The van der Waals surface area contributed by atoms with Crippen molar-refractivity contribution in [1.82, 2.24) is 4.40 Å². The average Bonchev–Trinajstić information content (AvgIpc) is 3.07. The van der Waals surface area contributed by atoms with E-state index in [1.807, 2.05) is 66.1 Å². The van der Waals surface area contributed by atoms with Crippen LogP contribution in [0, 0.1) is 0 Å². The number of nitrogens with two attached hydrogens (primary N) is 1. The second kappa shape index (κ2) is 7.76. The maximum atomic E-state index is 12.6. The lowest BCUT2D eigenvalue weighted by Gasteiger charge is -2.12. The molecule has 4 nitrogen and oxygen atoms in total. The zero-order valence-electron chi connectivity index (χ0n) is 16.3. The Morgan fingerprint density at radius 2 is 1.59 bits per heavy atom. The number of aromatic nitrogens is 1. The fraction of sp³-hybridized carbons (Fsp3) is 0.120. The molecule has 0 fully saturated rings. The number of benzene rings is 2. The molecule has 0 atom stereocenters. The van der Waals surface area contributed by atoms with Gasteiger partial charge < -0.3 is 10.1 Å². The van der Waals surface area contributed by atoms with Crippen LogP contribution in [0.2, 0.25) is 0 Å². The van der Waals surface area contributed by atoms with Crippen LogP contribution >= 0.6 is 0 Å². The van der Waals surface area contributed by atoms with E-state index in [4.69, 9.17) is 5.73 Å². The van der Waals surface area contributed by atoms with E-state index in [0.717, 1.165) is 33.5 Å². The number of carbonyl (C=O) groups is 2. The summed E-state index contributed by atoms with van der Waals surface area (Å²) in [5, 5.41) is 0. The predicted molar refractivity (Wildman–Crippen MR) is 115 cm³/mol. The highest BCUT2D eigenvalue weighted by Crippen LogP contribution is 2.30. The van der Waals surface area contributed by atoms with Crippen molar-refractivity contribution in [2.45, 2.75) is 19.8 Å². The Balaban J connectivity index is 1.91. The molecule has 2 N–H and O–H groups in total. The molecule has 0 aliphatic carbocycles. The van der Waals surface area contributed by atoms with Crippen LogP contribution in [0.15, 0.2) is 79.0 Å². The van der Waals surface area contributed by atoms with Crippen molar-refractivity contribution in [3.63, 3.8) is 0 Å². The van der Waals surface area contributed by atoms with Gasteiger partial charge in [-0.2, -0.15) is 0 Å². The molecule has 144 valence electrons. The quantitative estimate of drug-likeness (QED) is 0.396. The van der Waals surface area contributed by atoms with Gasteiger partial charge in [-0.25, -0.2) is 0 Å². The Labute approximate surface area is 169 Å². The van der Waals surface area contributed by atoms with Crippen LogP contribution in [0.25, 0.3) is 16.6 Å². The molecule has 0 spiro atoms. The molecule has 0 unspecified atom stereocenters. The summed E-state index contributed by atoms with van der Waals surface area (Å²) in [6, 6.07) is 24.2. The van der Waals surface area contributed by atoms with E-state index in [-0.39, 0.29) is 0 Å². The highest BCUT2D eigenvalue weighted by atomic mass is 16.2. The summed E-state index contributed by atoms with van der Waals surface area (Å²) in [6.45, 7) is 2.00. The van der Waals surface area contributed by atoms with Gasteiger partial charge in [-0.3, -0.25) is 9.59 Å². The summed E-state index contributed by atoms with van der Waals surface area (Å²) in [6.07, 6.45) is 3.22. The van der Waals surface area contributed by atoms with Crippen molar-refractivity contribution in [3.8, 4) is 11.1 Å². The third kappa shape index (κ3) is 3.34. The minimum absolute atomic E-state index is 0.424. The topological polar surface area (TPSA) is 64.6 Å². The molecular weight excluding hydrogens is 360 g/mol. The van der Waals surface area contributed by atoms with Crippen molar-refractivity contribution < 1.29 is 9.59 Å². The molecule has 4 heteroatoms. The lowest BCUT2D eigenvalue weighted by Crippen LogP contribution is -2.23. The first kappa shape index (κ1) is 18.7. The van der Waals surface area contributed by atoms with E-state index >= 15 is 0 Å². The number of hydrogen-bond donors (Lipinski definition) is 1. The number of hydrogen-bond acceptors (Lipinski definition) is 2. The number of fused-ring (bicyclic) bond motifs is 1. The fourth-order valence-electron chi connectivity index (χ4n) is 4.03. The first-order valence-corrected chi connectivity index (χ1v) is 9.70. The Morgan fingerprint density at radius 3 is 2.31 bits per heavy atom. The molecule has 4 rings (SSSR count). The van der Waals surface area contributed by atoms with Crippen molar-refractivity contribution in [1.29, 1.82) is 0 Å². The summed E-state index contributed by atoms with van der Waals surface area (Å²) < 4.78 is 2.01. The van der Waals surface area contributed by atoms with Crippen LogP contribution in [0.1, 0.15) is 34.1 Å². The number of carbonyl (C=O) groups excluding carboxylic acids is 2. The summed E-state index contributed by atoms with van der Waals surface area (Å²) in [5.74, 6) is -1.56. The third-order valence-electron chi connectivity index (χ3n) is 5.32. The maximum absolute atomic E-state index is 12.6. The highest BCUT2D eigenvalue weighted by Gasteiger charge is 2.25. The molecule has 29 heavy (non-hydrogen) atoms. The SMILES string of the molecule is CCc1c(C(=O)C(N)=O)c2ccccn2c1Cc1ccccc1-c1ccccc1. The second-order valence-corrected chi connectivity index (χ2v) is 7.00. The molecule has 0 saturated heterocycles. The van der Waals surface area contributed by atoms with Gasteiger partial charge in [0, 0.05) is 18.3 Å². The largest absolute Gasteiger partial charge is 0.363 e. The van der Waals surface area contributed by atoms with E-state index in [1.165, 1.54) is 0 Å². The van der Waals surface area contributed by atoms with Gasteiger partial charge in [-0.05, 0) is 40.8 Å². The average molecular weight is 382 g/mol. The highest BCUT2D eigenvalue weighted by molar-refractivity contribution is 6.44. The van der Waals surface area contributed by atoms with Gasteiger partial charge in [0.1, 0.15) is 0 Å². The van der Waals surface area contributed by atoms with Gasteiger partial charge in [-0.15, -0.1) is 0 Å². The van der Waals surface area contributed by atoms with Crippen LogP contribution in [-0.2, 0) is 17.6 Å². The smallest absolute Gasteiger partial charge is 0.289 e. The summed E-state index contributed by atoms with van der Waals surface area (Å²) in [5.41, 5.74) is 11.8. The van der Waals surface area contributed by atoms with E-state index in [0.29, 0.717) is 18.4 Å². The van der Waals surface area contributed by atoms with Crippen LogP contribution in [-0.4, -0.2) is 16.1 Å². The number of amides is 1. The molecule has 2 aromatic carbocycles. The number of pyridine rings is 1. The van der Waals surface area contributed by atoms with Gasteiger partial charge in [-0.1, -0.05) is 67.6 Å². The zero-order chi connectivity index (χ0) is 20.4. The zero-order valence-corrected chi connectivity index (χ0v) is 16.3. The summed E-state index contributed by atoms with van der Waals surface area (Å²) in [4.78, 5) is 24.3. The first-order chi connectivity index (χ1) is 14.1. The summed E-state index contributed by atoms with van der Waals surface area (Å²) in [7, 11) is 0. The second-order valence-electron chi connectivity index (χ2n) is 7.00. The van der Waals surface area contributed by atoms with Crippen molar-refractivity contribution in [3.05, 3.63) is 101 Å². The van der Waals surface area contributed by atoms with Gasteiger partial charge in [0.15, 0.2) is 0 Å². The van der Waals surface area contributed by atoms with Gasteiger partial charge in [0.05, 0.1) is 11.1 Å². The minimum Gasteiger partial charge on any atom is -0.363 e. The normalized spacial score (nSPS) is 10.9. The van der Waals surface area contributed by atoms with Crippen molar-refractivity contribution >= 4 is 17.2 Å². The van der Waals surface area contributed by atoms with Gasteiger partial charge >= 0.3 is 0 Å². The molecular formula is C25H22N2O2. The Kier molecular flexibility index (Phi) is 5.00. The van der Waals surface area contributed by atoms with E-state index in [9.17, 15) is 9.59 Å². The molecule has 0 radical (unpaired) electrons. The Bertz CT molecular complexity index is 1210. The molecule has 1 amide bonds. The lowest BCUT2D eigenvalue weighted by molar-refractivity contribution is -0.114. The standard InChI is InChI=1S/C25H22N2O2/c1-2-19-22(27-15-9-8-14-21(27)23(19)24(28)25(26)29)16-18-12-6-7-13-20(18)17-10-4-3-5-11-17/h3-15H,2,16H2,1H3,(H2,26,29). The third-order valence-corrected chi connectivity index (χ3v) is 5.32. The maximum Gasteiger partial charge on any atom is 0.289 e. The van der Waals surface area contributed by atoms with E-state index in [2.05, 4.69) is 24.3 Å². The molecule has 0 bridgehead atoms. The number of Topliss-reactive ketones (excluding diaryl/α,β-unsaturated/α-hetero) is 1. The fourth-order valence-corrected chi connectivity index (χ4v) is 4.03. The van der Waals surface area contributed by atoms with Gasteiger partial charge in [0.25, 0.3) is 11.7 Å². The molecule has 2 heterocycles. The minimum atomic E-state index is -0.924. The van der Waals surface area contributed by atoms with Crippen LogP contribution in [0.4, 0.5) is 0 Å². The molecule has 0 aliphatic heterocycles. The number of ketones is 1. The number of primary amides is 1. The monoisotopic (exact) mass is 382 g/mol. The van der Waals surface area contributed by atoms with E-state index in [1.54, 1.807) is 0 Å². The Hall–Kier alpha value is -3.66. The van der Waals surface area contributed by atoms with E-state index < -0.39 is 11.7 Å². The van der Waals surface area contributed by atoms with Crippen LogP contribution in [0.5, 0.6) is 0 Å². The first-order valence-electron chi connectivity index (χ1n) is 9.70. The lowest BCUT2D eigenvalue weighted by atomic mass is 9.94. The molecule has 2 aromatic heterocycles. The van der Waals surface area contributed by atoms with Crippen LogP contribution < -0.4 is 5.73 Å². The predicted octanol–water partition coefficient (Wildman–Crippen LogP) is 4.43. The van der Waals surface area contributed by atoms with Gasteiger partial charge in [0.2, 0.25) is 0 Å².